The van der Waals surface area contributed by atoms with Crippen molar-refractivity contribution in [1.29, 1.82) is 0 Å². The maximum Gasteiger partial charge on any atom is 0.203 e. The number of rotatable bonds is 3. The van der Waals surface area contributed by atoms with Crippen molar-refractivity contribution >= 4 is 5.69 Å². The van der Waals surface area contributed by atoms with Crippen molar-refractivity contribution in [3.05, 3.63) is 53.1 Å². The molecule has 4 heteroatoms. The van der Waals surface area contributed by atoms with Gasteiger partial charge in [-0.2, -0.15) is 4.39 Å². The van der Waals surface area contributed by atoms with Gasteiger partial charge in [-0.05, 0) is 48.2 Å². The van der Waals surface area contributed by atoms with E-state index in [4.69, 9.17) is 10.5 Å². The molecule has 0 saturated heterocycles. The number of ether oxygens (including phenoxy) is 1. The third-order valence-electron chi connectivity index (χ3n) is 3.16. The van der Waals surface area contributed by atoms with E-state index in [1.165, 1.54) is 11.6 Å². The molecule has 2 aromatic carbocycles. The van der Waals surface area contributed by atoms with Crippen molar-refractivity contribution < 1.29 is 13.5 Å². The van der Waals surface area contributed by atoms with Crippen LogP contribution in [0.15, 0.2) is 30.3 Å². The molecule has 0 unspecified atom stereocenters. The molecule has 2 N–H and O–H groups in total. The Morgan fingerprint density at radius 2 is 1.80 bits per heavy atom. The highest BCUT2D eigenvalue weighted by atomic mass is 19.2. The van der Waals surface area contributed by atoms with E-state index in [0.717, 1.165) is 11.6 Å². The molecule has 2 rings (SSSR count). The van der Waals surface area contributed by atoms with Gasteiger partial charge < -0.3 is 10.5 Å². The topological polar surface area (TPSA) is 35.2 Å². The molecule has 20 heavy (non-hydrogen) atoms. The van der Waals surface area contributed by atoms with Crippen LogP contribution in [0, 0.1) is 18.6 Å². The fourth-order valence-corrected chi connectivity index (χ4v) is 2.13. The maximum atomic E-state index is 13.7. The summed E-state index contributed by atoms with van der Waals surface area (Å²) in [5, 5.41) is 0. The summed E-state index contributed by atoms with van der Waals surface area (Å²) in [6.45, 7) is 6.13. The van der Waals surface area contributed by atoms with Gasteiger partial charge in [0.05, 0.1) is 5.69 Å². The largest absolute Gasteiger partial charge is 0.452 e. The first-order valence-corrected chi connectivity index (χ1v) is 6.42. The van der Waals surface area contributed by atoms with Crippen LogP contribution in [-0.4, -0.2) is 0 Å². The molecule has 0 heterocycles. The van der Waals surface area contributed by atoms with Crippen LogP contribution < -0.4 is 10.5 Å². The van der Waals surface area contributed by atoms with Gasteiger partial charge in [0.2, 0.25) is 5.82 Å². The number of hydrogen-bond donors (Lipinski definition) is 1. The molecule has 0 aliphatic rings. The van der Waals surface area contributed by atoms with Crippen LogP contribution in [0.2, 0.25) is 0 Å². The fraction of sp³-hybridized carbons (Fsp3) is 0.250. The number of nitrogens with two attached hydrogens (primary N) is 1. The number of nitrogen functional groups attached to an aromatic ring is 1. The summed E-state index contributed by atoms with van der Waals surface area (Å²) in [6, 6.07) is 7.70. The summed E-state index contributed by atoms with van der Waals surface area (Å²) < 4.78 is 32.3. The third kappa shape index (κ3) is 2.74. The smallest absolute Gasteiger partial charge is 0.203 e. The molecule has 2 nitrogen and oxygen atoms in total. The number of benzene rings is 2. The molecule has 0 aliphatic carbocycles. The highest BCUT2D eigenvalue weighted by molar-refractivity contribution is 5.55. The first kappa shape index (κ1) is 14.3. The molecule has 0 saturated carbocycles. The molecule has 0 fully saturated rings. The van der Waals surface area contributed by atoms with Gasteiger partial charge in [0.15, 0.2) is 11.6 Å². The van der Waals surface area contributed by atoms with E-state index in [2.05, 4.69) is 13.8 Å². The number of anilines is 1. The van der Waals surface area contributed by atoms with Gasteiger partial charge >= 0.3 is 0 Å². The Morgan fingerprint density at radius 3 is 2.40 bits per heavy atom. The molecule has 0 aromatic heterocycles. The van der Waals surface area contributed by atoms with Crippen LogP contribution in [0.4, 0.5) is 14.5 Å². The summed E-state index contributed by atoms with van der Waals surface area (Å²) in [7, 11) is 0. The van der Waals surface area contributed by atoms with Gasteiger partial charge in [0.1, 0.15) is 5.75 Å². The molecule has 2 aromatic rings. The van der Waals surface area contributed by atoms with E-state index in [-0.39, 0.29) is 11.4 Å². The fourth-order valence-electron chi connectivity index (χ4n) is 2.13. The van der Waals surface area contributed by atoms with Gasteiger partial charge in [-0.3, -0.25) is 0 Å². The second-order valence-electron chi connectivity index (χ2n) is 5.05. The monoisotopic (exact) mass is 277 g/mol. The summed E-state index contributed by atoms with van der Waals surface area (Å²) in [5.41, 5.74) is 7.91. The van der Waals surface area contributed by atoms with Crippen molar-refractivity contribution in [2.75, 3.05) is 5.73 Å². The molecular formula is C16H17F2NO. The van der Waals surface area contributed by atoms with Crippen LogP contribution in [-0.2, 0) is 0 Å². The average molecular weight is 277 g/mol. The summed E-state index contributed by atoms with van der Waals surface area (Å²) in [6.07, 6.45) is 0. The molecule has 0 amide bonds. The number of aryl methyl sites for hydroxylation is 1. The first-order valence-electron chi connectivity index (χ1n) is 6.42. The Kier molecular flexibility index (Phi) is 3.93. The van der Waals surface area contributed by atoms with Crippen molar-refractivity contribution in [3.8, 4) is 11.5 Å². The van der Waals surface area contributed by atoms with E-state index >= 15 is 0 Å². The number of halogens is 2. The first-order chi connectivity index (χ1) is 9.40. The lowest BCUT2D eigenvalue weighted by molar-refractivity contribution is 0.418. The summed E-state index contributed by atoms with van der Waals surface area (Å²) in [4.78, 5) is 0. The van der Waals surface area contributed by atoms with E-state index in [1.807, 2.05) is 13.0 Å². The van der Waals surface area contributed by atoms with Crippen LogP contribution in [0.1, 0.15) is 30.9 Å². The third-order valence-corrected chi connectivity index (χ3v) is 3.16. The lowest BCUT2D eigenvalue weighted by Crippen LogP contribution is -1.99. The highest BCUT2D eigenvalue weighted by Crippen LogP contribution is 2.33. The minimum Gasteiger partial charge on any atom is -0.452 e. The molecule has 0 aliphatic heterocycles. The van der Waals surface area contributed by atoms with Gasteiger partial charge in [-0.1, -0.05) is 19.9 Å². The minimum atomic E-state index is -1.07. The molecule has 106 valence electrons. The van der Waals surface area contributed by atoms with Crippen molar-refractivity contribution in [2.45, 2.75) is 26.7 Å². The SMILES string of the molecule is Cc1cc(Oc2c(N)ccc(F)c2F)ccc1C(C)C. The van der Waals surface area contributed by atoms with Crippen LogP contribution >= 0.6 is 0 Å². The van der Waals surface area contributed by atoms with Gasteiger partial charge in [-0.25, -0.2) is 4.39 Å². The van der Waals surface area contributed by atoms with E-state index < -0.39 is 11.6 Å². The Labute approximate surface area is 117 Å². The Balaban J connectivity index is 2.36. The van der Waals surface area contributed by atoms with Crippen molar-refractivity contribution in [1.82, 2.24) is 0 Å². The van der Waals surface area contributed by atoms with Gasteiger partial charge in [0, 0.05) is 0 Å². The lowest BCUT2D eigenvalue weighted by atomic mass is 9.98. The van der Waals surface area contributed by atoms with Gasteiger partial charge in [0.25, 0.3) is 0 Å². The Hall–Kier alpha value is -2.10. The second kappa shape index (κ2) is 5.49. The average Bonchev–Trinajstić information content (AvgIpc) is 2.39. The number of hydrogen-bond acceptors (Lipinski definition) is 2. The molecule has 0 atom stereocenters. The quantitative estimate of drug-likeness (QED) is 0.820. The predicted molar refractivity (Wildman–Crippen MR) is 76.1 cm³/mol. The van der Waals surface area contributed by atoms with Crippen LogP contribution in [0.25, 0.3) is 0 Å². The Bertz CT molecular complexity index is 639. The van der Waals surface area contributed by atoms with Crippen LogP contribution in [0.3, 0.4) is 0 Å². The lowest BCUT2D eigenvalue weighted by Gasteiger charge is -2.13. The normalized spacial score (nSPS) is 10.9. The molecule has 0 spiro atoms. The second-order valence-corrected chi connectivity index (χ2v) is 5.05. The maximum absolute atomic E-state index is 13.7. The van der Waals surface area contributed by atoms with Crippen molar-refractivity contribution in [3.63, 3.8) is 0 Å². The zero-order chi connectivity index (χ0) is 14.9. The molecular weight excluding hydrogens is 260 g/mol. The van der Waals surface area contributed by atoms with Crippen LogP contribution in [0.5, 0.6) is 11.5 Å². The Morgan fingerprint density at radius 1 is 1.10 bits per heavy atom. The van der Waals surface area contributed by atoms with E-state index in [1.54, 1.807) is 12.1 Å². The zero-order valence-electron chi connectivity index (χ0n) is 11.7. The molecule has 0 radical (unpaired) electrons. The van der Waals surface area contributed by atoms with Gasteiger partial charge in [-0.15, -0.1) is 0 Å². The zero-order valence-corrected chi connectivity index (χ0v) is 11.7. The summed E-state index contributed by atoms with van der Waals surface area (Å²) >= 11 is 0. The van der Waals surface area contributed by atoms with E-state index in [9.17, 15) is 8.78 Å². The van der Waals surface area contributed by atoms with E-state index in [0.29, 0.717) is 11.7 Å². The molecule has 0 bridgehead atoms. The minimum absolute atomic E-state index is 0.0643. The summed E-state index contributed by atoms with van der Waals surface area (Å²) in [5.74, 6) is -1.51. The predicted octanol–water partition coefficient (Wildman–Crippen LogP) is 4.77. The standard InChI is InChI=1S/C16H17F2NO/c1-9(2)12-5-4-11(8-10(12)3)20-16-14(19)7-6-13(17)15(16)18/h4-9H,19H2,1-3H3. The van der Waals surface area contributed by atoms with Crippen molar-refractivity contribution in [2.24, 2.45) is 0 Å². The highest BCUT2D eigenvalue weighted by Gasteiger charge is 2.15.